The Hall–Kier alpha value is -2.66. The van der Waals surface area contributed by atoms with Crippen molar-refractivity contribution in [1.82, 2.24) is 19.8 Å². The number of hydrazine groups is 2. The molecule has 2 amide bonds. The highest BCUT2D eigenvalue weighted by Gasteiger charge is 2.53. The molecule has 1 saturated heterocycles. The van der Waals surface area contributed by atoms with Crippen LogP contribution in [0.15, 0.2) is 0 Å². The fourth-order valence-corrected chi connectivity index (χ4v) is 2.21. The number of hydrogen-bond acceptors (Lipinski definition) is 6. The van der Waals surface area contributed by atoms with E-state index in [9.17, 15) is 29.8 Å². The standard InChI is InChI=1S/C9H16N6O6/c1-6(16)12-5-13(7(2)17)9(11(4)15(20)21)8(12)10(3)14(18)19/h8-9H,5H2,1-4H3/t8-,9-/m0/s1. The van der Waals surface area contributed by atoms with Crippen molar-refractivity contribution in [2.45, 2.75) is 26.2 Å². The van der Waals surface area contributed by atoms with Crippen molar-refractivity contribution in [3.63, 3.8) is 0 Å². The van der Waals surface area contributed by atoms with E-state index in [1.165, 1.54) is 13.8 Å². The van der Waals surface area contributed by atoms with E-state index in [2.05, 4.69) is 0 Å². The van der Waals surface area contributed by atoms with Crippen molar-refractivity contribution in [3.05, 3.63) is 20.2 Å². The van der Waals surface area contributed by atoms with Gasteiger partial charge < -0.3 is 0 Å². The largest absolute Gasteiger partial charge is 0.296 e. The number of carbonyl (C=O) groups is 2. The van der Waals surface area contributed by atoms with Crippen molar-refractivity contribution < 1.29 is 19.7 Å². The average molecular weight is 304 g/mol. The first-order valence-corrected chi connectivity index (χ1v) is 5.88. The number of amides is 2. The van der Waals surface area contributed by atoms with Crippen molar-refractivity contribution >= 4 is 11.8 Å². The summed E-state index contributed by atoms with van der Waals surface area (Å²) < 4.78 is 0. The van der Waals surface area contributed by atoms with Crippen LogP contribution in [0.3, 0.4) is 0 Å². The first-order chi connectivity index (χ1) is 9.59. The van der Waals surface area contributed by atoms with Crippen LogP contribution >= 0.6 is 0 Å². The van der Waals surface area contributed by atoms with Gasteiger partial charge in [-0.05, 0) is 0 Å². The fraction of sp³-hybridized carbons (Fsp3) is 0.778. The highest BCUT2D eigenvalue weighted by atomic mass is 16.7. The molecule has 0 aromatic heterocycles. The molecule has 12 heteroatoms. The molecule has 0 saturated carbocycles. The summed E-state index contributed by atoms with van der Waals surface area (Å²) in [6.07, 6.45) is -2.53. The average Bonchev–Trinajstić information content (AvgIpc) is 2.76. The van der Waals surface area contributed by atoms with Crippen molar-refractivity contribution in [2.75, 3.05) is 20.8 Å². The molecule has 0 aromatic carbocycles. The molecular weight excluding hydrogens is 288 g/mol. The van der Waals surface area contributed by atoms with Gasteiger partial charge in [-0.15, -0.1) is 10.0 Å². The van der Waals surface area contributed by atoms with Gasteiger partial charge in [0.1, 0.15) is 6.67 Å². The summed E-state index contributed by atoms with van der Waals surface area (Å²) in [6, 6.07) is 0. The lowest BCUT2D eigenvalue weighted by molar-refractivity contribution is -0.686. The molecule has 12 nitrogen and oxygen atoms in total. The third-order valence-corrected chi connectivity index (χ3v) is 3.30. The minimum Gasteiger partial charge on any atom is -0.296 e. The van der Waals surface area contributed by atoms with Crippen LogP contribution in [-0.2, 0) is 9.59 Å². The number of nitrogens with zero attached hydrogens (tertiary/aromatic N) is 6. The Morgan fingerprint density at radius 1 is 0.952 bits per heavy atom. The molecule has 1 rings (SSSR count). The summed E-state index contributed by atoms with van der Waals surface area (Å²) in [5, 5.41) is 21.5. The van der Waals surface area contributed by atoms with Gasteiger partial charge in [0.05, 0.1) is 14.1 Å². The Kier molecular flexibility index (Phi) is 4.50. The van der Waals surface area contributed by atoms with E-state index in [0.29, 0.717) is 10.0 Å². The van der Waals surface area contributed by atoms with Crippen molar-refractivity contribution in [2.24, 2.45) is 0 Å². The number of rotatable bonds is 4. The van der Waals surface area contributed by atoms with Crippen LogP contribution in [0.1, 0.15) is 13.8 Å². The van der Waals surface area contributed by atoms with E-state index < -0.39 is 34.2 Å². The number of hydrogen-bond donors (Lipinski definition) is 0. The Bertz CT molecular complexity index is 441. The monoisotopic (exact) mass is 304 g/mol. The molecule has 1 heterocycles. The second-order valence-corrected chi connectivity index (χ2v) is 4.57. The van der Waals surface area contributed by atoms with Gasteiger partial charge in [0, 0.05) is 13.8 Å². The Morgan fingerprint density at radius 2 is 1.24 bits per heavy atom. The van der Waals surface area contributed by atoms with Crippen LogP contribution in [0, 0.1) is 20.2 Å². The third-order valence-electron chi connectivity index (χ3n) is 3.30. The molecule has 0 unspecified atom stereocenters. The molecule has 1 aliphatic heterocycles. The van der Waals surface area contributed by atoms with E-state index in [-0.39, 0.29) is 6.67 Å². The van der Waals surface area contributed by atoms with Gasteiger partial charge in [0.25, 0.3) is 0 Å². The quantitative estimate of drug-likeness (QED) is 0.455. The Balaban J connectivity index is 3.31. The van der Waals surface area contributed by atoms with Crippen LogP contribution in [0.25, 0.3) is 0 Å². The minimum atomic E-state index is -1.27. The third kappa shape index (κ3) is 2.93. The summed E-state index contributed by atoms with van der Waals surface area (Å²) >= 11 is 0. The lowest BCUT2D eigenvalue weighted by atomic mass is 10.3. The summed E-state index contributed by atoms with van der Waals surface area (Å²) in [5.41, 5.74) is 0. The smallest absolute Gasteiger partial charge is 0.222 e. The molecule has 1 fully saturated rings. The van der Waals surface area contributed by atoms with Crippen LogP contribution in [-0.4, -0.2) is 74.8 Å². The summed E-state index contributed by atoms with van der Waals surface area (Å²) in [4.78, 5) is 47.3. The number of carbonyl (C=O) groups excluding carboxylic acids is 2. The van der Waals surface area contributed by atoms with E-state index in [4.69, 9.17) is 0 Å². The zero-order chi connectivity index (χ0) is 16.5. The number of likely N-dealkylation sites (N-methyl/N-ethyl adjacent to an activating group) is 2. The summed E-state index contributed by atoms with van der Waals surface area (Å²) in [7, 11) is 2.18. The molecular formula is C9H16N6O6. The number of nitro groups is 2. The highest BCUT2D eigenvalue weighted by Crippen LogP contribution is 2.25. The lowest BCUT2D eigenvalue weighted by Gasteiger charge is -2.30. The summed E-state index contributed by atoms with van der Waals surface area (Å²) in [5.74, 6) is -1.06. The summed E-state index contributed by atoms with van der Waals surface area (Å²) in [6.45, 7) is 2.09. The van der Waals surface area contributed by atoms with E-state index in [1.54, 1.807) is 0 Å². The molecule has 0 spiro atoms. The van der Waals surface area contributed by atoms with Gasteiger partial charge in [-0.3, -0.25) is 19.4 Å². The molecule has 0 aromatic rings. The maximum absolute atomic E-state index is 11.6. The van der Waals surface area contributed by atoms with E-state index in [1.807, 2.05) is 0 Å². The SMILES string of the molecule is CC(=O)N1CN(C(C)=O)[C@H](N(C)[N+](=O)[O-])[C@H]1N(C)[N+](=O)[O-]. The van der Waals surface area contributed by atoms with Gasteiger partial charge in [-0.2, -0.15) is 0 Å². The van der Waals surface area contributed by atoms with Crippen LogP contribution in [0.2, 0.25) is 0 Å². The topological polar surface area (TPSA) is 133 Å². The predicted molar refractivity (Wildman–Crippen MR) is 67.0 cm³/mol. The zero-order valence-corrected chi connectivity index (χ0v) is 12.0. The van der Waals surface area contributed by atoms with Crippen LogP contribution in [0.5, 0.6) is 0 Å². The first-order valence-electron chi connectivity index (χ1n) is 5.88. The molecule has 1 aliphatic rings. The van der Waals surface area contributed by atoms with E-state index in [0.717, 1.165) is 23.9 Å². The molecule has 0 N–H and O–H groups in total. The molecule has 0 aliphatic carbocycles. The van der Waals surface area contributed by atoms with Gasteiger partial charge >= 0.3 is 0 Å². The molecule has 0 bridgehead atoms. The first kappa shape index (κ1) is 16.4. The second kappa shape index (κ2) is 5.76. The van der Waals surface area contributed by atoms with Gasteiger partial charge in [0.2, 0.25) is 24.1 Å². The second-order valence-electron chi connectivity index (χ2n) is 4.57. The maximum atomic E-state index is 11.6. The highest BCUT2D eigenvalue weighted by molar-refractivity contribution is 5.78. The Morgan fingerprint density at radius 3 is 1.43 bits per heavy atom. The van der Waals surface area contributed by atoms with Gasteiger partial charge in [-0.1, -0.05) is 0 Å². The molecule has 2 atom stereocenters. The van der Waals surface area contributed by atoms with Gasteiger partial charge in [0.15, 0.2) is 10.1 Å². The minimum absolute atomic E-state index is 0.254. The Labute approximate surface area is 119 Å². The maximum Gasteiger partial charge on any atom is 0.222 e. The lowest BCUT2D eigenvalue weighted by Crippen LogP contribution is -2.59. The zero-order valence-electron chi connectivity index (χ0n) is 12.0. The van der Waals surface area contributed by atoms with Crippen molar-refractivity contribution in [3.8, 4) is 0 Å². The normalized spacial score (nSPS) is 21.1. The fourth-order valence-electron chi connectivity index (χ4n) is 2.21. The van der Waals surface area contributed by atoms with Crippen LogP contribution in [0.4, 0.5) is 0 Å². The van der Waals surface area contributed by atoms with Gasteiger partial charge in [-0.25, -0.2) is 20.2 Å². The van der Waals surface area contributed by atoms with Crippen LogP contribution < -0.4 is 0 Å². The molecule has 0 radical (unpaired) electrons. The van der Waals surface area contributed by atoms with E-state index >= 15 is 0 Å². The molecule has 118 valence electrons. The van der Waals surface area contributed by atoms with Crippen molar-refractivity contribution in [1.29, 1.82) is 0 Å². The predicted octanol–water partition coefficient (Wildman–Crippen LogP) is -1.45. The molecule has 21 heavy (non-hydrogen) atoms.